The van der Waals surface area contributed by atoms with Crippen LogP contribution in [0.5, 0.6) is 0 Å². The lowest BCUT2D eigenvalue weighted by Crippen LogP contribution is -2.13. The molecular formula is C20H21N3O4S. The van der Waals surface area contributed by atoms with Gasteiger partial charge in [-0.15, -0.1) is 11.3 Å². The number of carbonyl (C=O) groups excluding carboxylic acids is 2. The van der Waals surface area contributed by atoms with E-state index in [0.717, 1.165) is 4.88 Å². The Hall–Kier alpha value is -3.00. The molecule has 0 atom stereocenters. The zero-order valence-corrected chi connectivity index (χ0v) is 16.5. The molecule has 0 fully saturated rings. The van der Waals surface area contributed by atoms with Crippen molar-refractivity contribution in [2.75, 3.05) is 5.32 Å². The van der Waals surface area contributed by atoms with Gasteiger partial charge >= 0.3 is 5.97 Å². The zero-order chi connectivity index (χ0) is 19.9. The van der Waals surface area contributed by atoms with Gasteiger partial charge in [0.15, 0.2) is 0 Å². The molecule has 1 amide bonds. The third-order valence-corrected chi connectivity index (χ3v) is 4.62. The van der Waals surface area contributed by atoms with Crippen molar-refractivity contribution in [3.8, 4) is 10.7 Å². The van der Waals surface area contributed by atoms with E-state index in [-0.39, 0.29) is 18.0 Å². The summed E-state index contributed by atoms with van der Waals surface area (Å²) in [5.41, 5.74) is 1.08. The van der Waals surface area contributed by atoms with E-state index >= 15 is 0 Å². The van der Waals surface area contributed by atoms with Gasteiger partial charge in [0.2, 0.25) is 17.6 Å². The molecule has 3 aromatic rings. The number of benzene rings is 1. The number of nitrogens with zero attached hydrogens (tertiary/aromatic N) is 2. The van der Waals surface area contributed by atoms with Crippen LogP contribution in [0.2, 0.25) is 0 Å². The van der Waals surface area contributed by atoms with Crippen molar-refractivity contribution in [3.63, 3.8) is 0 Å². The van der Waals surface area contributed by atoms with Crippen molar-refractivity contribution in [1.29, 1.82) is 0 Å². The molecule has 0 unspecified atom stereocenters. The topological polar surface area (TPSA) is 94.3 Å². The molecule has 146 valence electrons. The van der Waals surface area contributed by atoms with E-state index in [4.69, 9.17) is 9.26 Å². The quantitative estimate of drug-likeness (QED) is 0.567. The van der Waals surface area contributed by atoms with Gasteiger partial charge in [0, 0.05) is 18.5 Å². The van der Waals surface area contributed by atoms with Crippen LogP contribution in [0.1, 0.15) is 42.9 Å². The Morgan fingerprint density at radius 3 is 2.68 bits per heavy atom. The first kappa shape index (κ1) is 19.8. The average Bonchev–Trinajstić information content (AvgIpc) is 3.33. The smallest absolute Gasteiger partial charge is 0.338 e. The Kier molecular flexibility index (Phi) is 6.54. The molecule has 1 aromatic carbocycles. The Labute approximate surface area is 166 Å². The number of thiophene rings is 1. The van der Waals surface area contributed by atoms with Crippen LogP contribution in [0.4, 0.5) is 5.69 Å². The molecule has 0 radical (unpaired) electrons. The summed E-state index contributed by atoms with van der Waals surface area (Å²) in [4.78, 5) is 29.2. The molecule has 2 heterocycles. The Morgan fingerprint density at radius 2 is 2.00 bits per heavy atom. The highest BCUT2D eigenvalue weighted by atomic mass is 32.1. The lowest BCUT2D eigenvalue weighted by Gasteiger charge is -2.09. The summed E-state index contributed by atoms with van der Waals surface area (Å²) in [6.07, 6.45) is 1.28. The molecule has 0 saturated carbocycles. The molecule has 0 spiro atoms. The van der Waals surface area contributed by atoms with E-state index in [9.17, 15) is 9.59 Å². The number of esters is 1. The van der Waals surface area contributed by atoms with Crippen molar-refractivity contribution in [2.24, 2.45) is 0 Å². The average molecular weight is 399 g/mol. The Morgan fingerprint density at radius 1 is 1.21 bits per heavy atom. The largest absolute Gasteiger partial charge is 0.459 e. The maximum absolute atomic E-state index is 12.1. The number of hydrogen-bond acceptors (Lipinski definition) is 7. The second-order valence-electron chi connectivity index (χ2n) is 6.42. The van der Waals surface area contributed by atoms with E-state index in [1.54, 1.807) is 49.4 Å². The highest BCUT2D eigenvalue weighted by molar-refractivity contribution is 7.13. The van der Waals surface area contributed by atoms with Gasteiger partial charge in [-0.2, -0.15) is 4.98 Å². The van der Waals surface area contributed by atoms with Gasteiger partial charge in [-0.25, -0.2) is 4.79 Å². The van der Waals surface area contributed by atoms with Crippen LogP contribution in [0.3, 0.4) is 0 Å². The number of carbonyl (C=O) groups is 2. The van der Waals surface area contributed by atoms with E-state index in [0.29, 0.717) is 42.2 Å². The summed E-state index contributed by atoms with van der Waals surface area (Å²) in [5, 5.41) is 8.71. The first-order valence-electron chi connectivity index (χ1n) is 8.98. The van der Waals surface area contributed by atoms with Gasteiger partial charge in [0.05, 0.1) is 16.5 Å². The number of aryl methyl sites for hydroxylation is 1. The van der Waals surface area contributed by atoms with Gasteiger partial charge in [0.25, 0.3) is 0 Å². The minimum Gasteiger partial charge on any atom is -0.459 e. The van der Waals surface area contributed by atoms with Crippen LogP contribution < -0.4 is 5.32 Å². The Balaban J connectivity index is 1.44. The molecule has 8 heteroatoms. The lowest BCUT2D eigenvalue weighted by molar-refractivity contribution is -0.116. The molecule has 0 aliphatic heterocycles. The van der Waals surface area contributed by atoms with Gasteiger partial charge < -0.3 is 14.6 Å². The van der Waals surface area contributed by atoms with Crippen LogP contribution in [0.25, 0.3) is 10.7 Å². The van der Waals surface area contributed by atoms with Gasteiger partial charge in [-0.3, -0.25) is 4.79 Å². The van der Waals surface area contributed by atoms with Crippen LogP contribution in [-0.2, 0) is 16.0 Å². The molecule has 7 nitrogen and oxygen atoms in total. The van der Waals surface area contributed by atoms with E-state index in [1.165, 1.54) is 0 Å². The summed E-state index contributed by atoms with van der Waals surface area (Å²) < 4.78 is 10.4. The highest BCUT2D eigenvalue weighted by Gasteiger charge is 2.11. The van der Waals surface area contributed by atoms with Crippen LogP contribution in [-0.4, -0.2) is 28.1 Å². The van der Waals surface area contributed by atoms with E-state index in [1.807, 2.05) is 17.5 Å². The molecular weight excluding hydrogens is 378 g/mol. The van der Waals surface area contributed by atoms with Crippen molar-refractivity contribution >= 4 is 28.9 Å². The van der Waals surface area contributed by atoms with Crippen molar-refractivity contribution in [3.05, 3.63) is 53.2 Å². The van der Waals surface area contributed by atoms with Crippen LogP contribution in [0.15, 0.2) is 46.3 Å². The summed E-state index contributed by atoms with van der Waals surface area (Å²) >= 11 is 1.55. The minimum atomic E-state index is -0.380. The van der Waals surface area contributed by atoms with Crippen molar-refractivity contribution < 1.29 is 18.8 Å². The highest BCUT2D eigenvalue weighted by Crippen LogP contribution is 2.21. The fourth-order valence-electron chi connectivity index (χ4n) is 2.46. The lowest BCUT2D eigenvalue weighted by atomic mass is 10.2. The number of nitrogens with one attached hydrogen (secondary N) is 1. The molecule has 0 saturated heterocycles. The first-order chi connectivity index (χ1) is 13.5. The summed E-state index contributed by atoms with van der Waals surface area (Å²) in [6.45, 7) is 3.59. The number of aromatic nitrogens is 2. The Bertz CT molecular complexity index is 917. The minimum absolute atomic E-state index is 0.115. The molecule has 3 rings (SSSR count). The predicted molar refractivity (Wildman–Crippen MR) is 106 cm³/mol. The van der Waals surface area contributed by atoms with Crippen molar-refractivity contribution in [2.45, 2.75) is 39.2 Å². The maximum Gasteiger partial charge on any atom is 0.338 e. The number of hydrogen-bond donors (Lipinski definition) is 1. The first-order valence-corrected chi connectivity index (χ1v) is 9.86. The van der Waals surface area contributed by atoms with Gasteiger partial charge in [-0.05, 0) is 56.0 Å². The third kappa shape index (κ3) is 5.50. The van der Waals surface area contributed by atoms with Crippen LogP contribution in [0, 0.1) is 0 Å². The molecule has 2 aromatic heterocycles. The second-order valence-corrected chi connectivity index (χ2v) is 7.37. The number of anilines is 1. The van der Waals surface area contributed by atoms with Gasteiger partial charge in [0.1, 0.15) is 0 Å². The predicted octanol–water partition coefficient (Wildman–Crippen LogP) is 4.32. The standard InChI is InChI=1S/C20H21N3O4S/c1-13(2)26-20(25)14-8-10-15(11-9-14)21-17(24)6-3-7-18-22-19(23-27-18)16-5-4-12-28-16/h4-5,8-13H,3,6-7H2,1-2H3,(H,21,24). The number of rotatable bonds is 8. The molecule has 0 bridgehead atoms. The molecule has 28 heavy (non-hydrogen) atoms. The molecule has 0 aliphatic carbocycles. The number of amides is 1. The van der Waals surface area contributed by atoms with E-state index in [2.05, 4.69) is 15.5 Å². The zero-order valence-electron chi connectivity index (χ0n) is 15.7. The fraction of sp³-hybridized carbons (Fsp3) is 0.300. The number of ether oxygens (including phenoxy) is 1. The van der Waals surface area contributed by atoms with E-state index < -0.39 is 0 Å². The molecule has 1 N–H and O–H groups in total. The third-order valence-electron chi connectivity index (χ3n) is 3.75. The normalized spacial score (nSPS) is 10.8. The second kappa shape index (κ2) is 9.27. The van der Waals surface area contributed by atoms with Crippen LogP contribution >= 0.6 is 11.3 Å². The SMILES string of the molecule is CC(C)OC(=O)c1ccc(NC(=O)CCCc2nc(-c3cccs3)no2)cc1. The van der Waals surface area contributed by atoms with Crippen molar-refractivity contribution in [1.82, 2.24) is 10.1 Å². The summed E-state index contributed by atoms with van der Waals surface area (Å²) in [6, 6.07) is 10.5. The summed E-state index contributed by atoms with van der Waals surface area (Å²) in [7, 11) is 0. The van der Waals surface area contributed by atoms with Gasteiger partial charge in [-0.1, -0.05) is 11.2 Å². The fourth-order valence-corrected chi connectivity index (χ4v) is 3.11. The maximum atomic E-state index is 12.1. The summed E-state index contributed by atoms with van der Waals surface area (Å²) in [5.74, 6) is 0.597. The monoisotopic (exact) mass is 399 g/mol. The molecule has 0 aliphatic rings.